The van der Waals surface area contributed by atoms with Crippen LogP contribution in [0.2, 0.25) is 0 Å². The van der Waals surface area contributed by atoms with E-state index in [1.165, 1.54) is 4.90 Å². The lowest BCUT2D eigenvalue weighted by Crippen LogP contribution is -2.31. The molecular formula is C13H13F2NO2. The minimum atomic E-state index is -1.11. The molecule has 0 unspecified atom stereocenters. The summed E-state index contributed by atoms with van der Waals surface area (Å²) in [6.45, 7) is 4.30. The first-order valence-electron chi connectivity index (χ1n) is 5.77. The summed E-state index contributed by atoms with van der Waals surface area (Å²) in [5.74, 6) is -3.29. The molecule has 0 spiro atoms. The summed E-state index contributed by atoms with van der Waals surface area (Å²) >= 11 is 0. The molecule has 0 saturated heterocycles. The molecule has 0 bridgehead atoms. The molecule has 96 valence electrons. The van der Waals surface area contributed by atoms with E-state index in [4.69, 9.17) is 0 Å². The Labute approximate surface area is 103 Å². The van der Waals surface area contributed by atoms with Crippen molar-refractivity contribution in [3.63, 3.8) is 0 Å². The molecule has 1 aliphatic heterocycles. The van der Waals surface area contributed by atoms with Crippen LogP contribution in [0.25, 0.3) is 0 Å². The Bertz CT molecular complexity index is 526. The van der Waals surface area contributed by atoms with Gasteiger partial charge in [-0.1, -0.05) is 13.8 Å². The van der Waals surface area contributed by atoms with Crippen LogP contribution < -0.4 is 4.90 Å². The van der Waals surface area contributed by atoms with E-state index in [1.807, 2.05) is 13.8 Å². The monoisotopic (exact) mass is 253 g/mol. The average Bonchev–Trinajstić information content (AvgIpc) is 2.51. The molecule has 0 radical (unpaired) electrons. The van der Waals surface area contributed by atoms with Crippen molar-refractivity contribution in [2.45, 2.75) is 20.3 Å². The number of anilines is 1. The lowest BCUT2D eigenvalue weighted by molar-refractivity contribution is -0.114. The molecule has 0 fully saturated rings. The van der Waals surface area contributed by atoms with Gasteiger partial charge in [-0.2, -0.15) is 0 Å². The molecule has 1 aromatic carbocycles. The minimum absolute atomic E-state index is 0.0531. The number of carbonyl (C=O) groups is 2. The first-order chi connectivity index (χ1) is 8.41. The average molecular weight is 253 g/mol. The van der Waals surface area contributed by atoms with Crippen LogP contribution in [0.5, 0.6) is 0 Å². The number of carbonyl (C=O) groups excluding carboxylic acids is 2. The van der Waals surface area contributed by atoms with Crippen LogP contribution in [0.15, 0.2) is 12.1 Å². The van der Waals surface area contributed by atoms with E-state index in [0.717, 1.165) is 12.1 Å². The Morgan fingerprint density at radius 3 is 2.39 bits per heavy atom. The molecule has 5 heteroatoms. The van der Waals surface area contributed by atoms with Gasteiger partial charge < -0.3 is 4.90 Å². The third-order valence-electron chi connectivity index (χ3n) is 2.94. The Balaban J connectivity index is 2.38. The van der Waals surface area contributed by atoms with Crippen LogP contribution in [-0.4, -0.2) is 18.2 Å². The van der Waals surface area contributed by atoms with E-state index in [1.54, 1.807) is 0 Å². The predicted molar refractivity (Wildman–Crippen MR) is 62.5 cm³/mol. The van der Waals surface area contributed by atoms with Crippen molar-refractivity contribution in [3.8, 4) is 0 Å². The second-order valence-electron chi connectivity index (χ2n) is 4.75. The second-order valence-corrected chi connectivity index (χ2v) is 4.75. The van der Waals surface area contributed by atoms with E-state index < -0.39 is 23.3 Å². The summed E-state index contributed by atoms with van der Waals surface area (Å²) in [6, 6.07) is 1.70. The lowest BCUT2D eigenvalue weighted by atomic mass is 10.1. The molecule has 1 aliphatic rings. The van der Waals surface area contributed by atoms with E-state index in [2.05, 4.69) is 0 Å². The zero-order valence-corrected chi connectivity index (χ0v) is 10.2. The van der Waals surface area contributed by atoms with Crippen LogP contribution in [0.3, 0.4) is 0 Å². The summed E-state index contributed by atoms with van der Waals surface area (Å²) in [7, 11) is 0. The predicted octanol–water partition coefficient (Wildman–Crippen LogP) is 2.54. The topological polar surface area (TPSA) is 37.4 Å². The highest BCUT2D eigenvalue weighted by Crippen LogP contribution is 2.31. The molecule has 0 saturated carbocycles. The van der Waals surface area contributed by atoms with Gasteiger partial charge in [0.05, 0.1) is 11.3 Å². The summed E-state index contributed by atoms with van der Waals surface area (Å²) in [5.41, 5.74) is 0.118. The number of ketones is 1. The highest BCUT2D eigenvalue weighted by Gasteiger charge is 2.36. The van der Waals surface area contributed by atoms with E-state index in [0.29, 0.717) is 18.9 Å². The zero-order valence-electron chi connectivity index (χ0n) is 10.2. The van der Waals surface area contributed by atoms with Gasteiger partial charge in [0.25, 0.3) is 11.7 Å². The summed E-state index contributed by atoms with van der Waals surface area (Å²) in [5, 5.41) is 0. The van der Waals surface area contributed by atoms with Crippen molar-refractivity contribution in [1.29, 1.82) is 0 Å². The molecule has 1 heterocycles. The molecule has 0 atom stereocenters. The fourth-order valence-electron chi connectivity index (χ4n) is 1.90. The normalized spacial score (nSPS) is 14.6. The molecular weight excluding hydrogens is 240 g/mol. The standard InChI is InChI=1S/C13H13F2NO2/c1-7(2)3-4-16-11-6-10(15)9(14)5-8(11)12(17)13(16)18/h5-7H,3-4H2,1-2H3. The van der Waals surface area contributed by atoms with Crippen LogP contribution in [0, 0.1) is 17.6 Å². The van der Waals surface area contributed by atoms with Crippen LogP contribution in [0.4, 0.5) is 14.5 Å². The third kappa shape index (κ3) is 2.00. The molecule has 1 amide bonds. The maximum atomic E-state index is 13.2. The zero-order chi connectivity index (χ0) is 13.4. The van der Waals surface area contributed by atoms with Gasteiger partial charge in [0.2, 0.25) is 0 Å². The van der Waals surface area contributed by atoms with Gasteiger partial charge in [0, 0.05) is 12.6 Å². The van der Waals surface area contributed by atoms with E-state index in [9.17, 15) is 18.4 Å². The SMILES string of the molecule is CC(C)CCN1C(=O)C(=O)c2cc(F)c(F)cc21. The van der Waals surface area contributed by atoms with Crippen molar-refractivity contribution in [3.05, 3.63) is 29.3 Å². The number of nitrogens with zero attached hydrogens (tertiary/aromatic N) is 1. The first kappa shape index (κ1) is 12.7. The van der Waals surface area contributed by atoms with E-state index in [-0.39, 0.29) is 11.3 Å². The summed E-state index contributed by atoms with van der Waals surface area (Å²) in [4.78, 5) is 24.6. The van der Waals surface area contributed by atoms with E-state index >= 15 is 0 Å². The molecule has 1 aromatic rings. The Morgan fingerprint density at radius 1 is 1.17 bits per heavy atom. The van der Waals surface area contributed by atoms with Crippen molar-refractivity contribution >= 4 is 17.4 Å². The smallest absolute Gasteiger partial charge is 0.299 e. The minimum Gasteiger partial charge on any atom is -0.305 e. The fourth-order valence-corrected chi connectivity index (χ4v) is 1.90. The lowest BCUT2D eigenvalue weighted by Gasteiger charge is -2.17. The van der Waals surface area contributed by atoms with Crippen molar-refractivity contribution in [1.82, 2.24) is 0 Å². The van der Waals surface area contributed by atoms with Gasteiger partial charge in [-0.15, -0.1) is 0 Å². The number of rotatable bonds is 3. The van der Waals surface area contributed by atoms with Crippen molar-refractivity contribution in [2.24, 2.45) is 5.92 Å². The first-order valence-corrected chi connectivity index (χ1v) is 5.77. The van der Waals surface area contributed by atoms with Crippen molar-refractivity contribution < 1.29 is 18.4 Å². The highest BCUT2D eigenvalue weighted by molar-refractivity contribution is 6.52. The maximum absolute atomic E-state index is 13.2. The summed E-state index contributed by atoms with van der Waals surface area (Å²) < 4.78 is 26.2. The number of halogens is 2. The number of hydrogen-bond acceptors (Lipinski definition) is 2. The van der Waals surface area contributed by atoms with Crippen LogP contribution in [-0.2, 0) is 4.79 Å². The Morgan fingerprint density at radius 2 is 1.78 bits per heavy atom. The Kier molecular flexibility index (Phi) is 3.15. The molecule has 0 N–H and O–H groups in total. The number of hydrogen-bond donors (Lipinski definition) is 0. The number of amides is 1. The molecule has 2 rings (SSSR count). The Hall–Kier alpha value is -1.78. The molecule has 3 nitrogen and oxygen atoms in total. The fraction of sp³-hybridized carbons (Fsp3) is 0.385. The van der Waals surface area contributed by atoms with Gasteiger partial charge in [-0.05, 0) is 18.4 Å². The van der Waals surface area contributed by atoms with Gasteiger partial charge in [0.1, 0.15) is 0 Å². The largest absolute Gasteiger partial charge is 0.305 e. The summed E-state index contributed by atoms with van der Waals surface area (Å²) in [6.07, 6.45) is 0.692. The molecule has 0 aromatic heterocycles. The highest BCUT2D eigenvalue weighted by atomic mass is 19.2. The van der Waals surface area contributed by atoms with Gasteiger partial charge >= 0.3 is 0 Å². The van der Waals surface area contributed by atoms with Gasteiger partial charge in [-0.3, -0.25) is 9.59 Å². The number of fused-ring (bicyclic) bond motifs is 1. The van der Waals surface area contributed by atoms with Crippen molar-refractivity contribution in [2.75, 3.05) is 11.4 Å². The quantitative estimate of drug-likeness (QED) is 0.776. The molecule has 18 heavy (non-hydrogen) atoms. The van der Waals surface area contributed by atoms with Gasteiger partial charge in [-0.25, -0.2) is 8.78 Å². The molecule has 0 aliphatic carbocycles. The number of Topliss-reactive ketones (excluding diaryl/α,β-unsaturated/α-hetero) is 1. The maximum Gasteiger partial charge on any atom is 0.299 e. The van der Waals surface area contributed by atoms with Crippen LogP contribution in [0.1, 0.15) is 30.6 Å². The second kappa shape index (κ2) is 4.48. The number of benzene rings is 1. The third-order valence-corrected chi connectivity index (χ3v) is 2.94. The van der Waals surface area contributed by atoms with Crippen LogP contribution >= 0.6 is 0 Å². The van der Waals surface area contributed by atoms with Gasteiger partial charge in [0.15, 0.2) is 11.6 Å².